The van der Waals surface area contributed by atoms with Crippen molar-refractivity contribution in [3.63, 3.8) is 0 Å². The molecule has 4 N–H and O–H groups in total. The molecule has 5 heteroatoms. The lowest BCUT2D eigenvalue weighted by Gasteiger charge is -2.26. The van der Waals surface area contributed by atoms with Crippen LogP contribution in [0.1, 0.15) is 5.56 Å². The Morgan fingerprint density at radius 2 is 1.70 bits per heavy atom. The summed E-state index contributed by atoms with van der Waals surface area (Å²) in [4.78, 5) is 11.7. The number of carbonyl (C=O) groups excluding carboxylic acids is 1. The summed E-state index contributed by atoms with van der Waals surface area (Å²) in [5, 5.41) is 0. The molecule has 1 atom stereocenters. The van der Waals surface area contributed by atoms with Crippen molar-refractivity contribution in [3.05, 3.63) is 66.0 Å². The summed E-state index contributed by atoms with van der Waals surface area (Å²) in [6, 6.07) is 14.5. The summed E-state index contributed by atoms with van der Waals surface area (Å²) >= 11 is 0. The van der Waals surface area contributed by atoms with Gasteiger partial charge < -0.3 is 16.2 Å². The molecule has 0 saturated carbocycles. The minimum absolute atomic E-state index is 0.0273. The molecular formula is C15H15FN2O2. The van der Waals surface area contributed by atoms with Gasteiger partial charge in [-0.25, -0.2) is 4.39 Å². The summed E-state index contributed by atoms with van der Waals surface area (Å²) < 4.78 is 18.8. The molecule has 0 aliphatic rings. The number of rotatable bonds is 5. The third kappa shape index (κ3) is 2.78. The highest BCUT2D eigenvalue weighted by Crippen LogP contribution is 2.22. The highest BCUT2D eigenvalue weighted by molar-refractivity contribution is 5.86. The van der Waals surface area contributed by atoms with Crippen LogP contribution in [-0.4, -0.2) is 12.5 Å². The van der Waals surface area contributed by atoms with Crippen LogP contribution in [0.2, 0.25) is 0 Å². The molecule has 0 saturated heterocycles. The number of benzene rings is 2. The molecule has 0 spiro atoms. The first-order valence-electron chi connectivity index (χ1n) is 6.05. The van der Waals surface area contributed by atoms with Gasteiger partial charge in [-0.3, -0.25) is 4.79 Å². The molecule has 2 aromatic rings. The number of para-hydroxylation sites is 1. The predicted molar refractivity (Wildman–Crippen MR) is 73.4 cm³/mol. The quantitative estimate of drug-likeness (QED) is 0.868. The van der Waals surface area contributed by atoms with Crippen molar-refractivity contribution in [2.24, 2.45) is 11.5 Å². The van der Waals surface area contributed by atoms with Gasteiger partial charge in [0.05, 0.1) is 0 Å². The van der Waals surface area contributed by atoms with E-state index in [1.165, 1.54) is 12.1 Å². The summed E-state index contributed by atoms with van der Waals surface area (Å²) in [7, 11) is 0. The van der Waals surface area contributed by atoms with Gasteiger partial charge in [-0.2, -0.15) is 0 Å². The second kappa shape index (κ2) is 5.71. The first-order chi connectivity index (χ1) is 9.54. The number of hydrogen-bond acceptors (Lipinski definition) is 3. The molecule has 104 valence electrons. The lowest BCUT2D eigenvalue weighted by molar-refractivity contribution is -0.124. The maximum Gasteiger partial charge on any atom is 0.245 e. The van der Waals surface area contributed by atoms with Crippen LogP contribution in [0.3, 0.4) is 0 Å². The van der Waals surface area contributed by atoms with Gasteiger partial charge >= 0.3 is 0 Å². The number of halogens is 1. The fourth-order valence-electron chi connectivity index (χ4n) is 1.79. The SMILES string of the molecule is NC(=O)C(N)(COc1ccccc1F)c1ccccc1. The van der Waals surface area contributed by atoms with Crippen molar-refractivity contribution in [3.8, 4) is 5.75 Å². The normalized spacial score (nSPS) is 13.5. The van der Waals surface area contributed by atoms with Gasteiger partial charge in [0.2, 0.25) is 5.91 Å². The van der Waals surface area contributed by atoms with Crippen LogP contribution >= 0.6 is 0 Å². The van der Waals surface area contributed by atoms with Crippen molar-refractivity contribution in [1.29, 1.82) is 0 Å². The summed E-state index contributed by atoms with van der Waals surface area (Å²) in [5.74, 6) is -1.23. The van der Waals surface area contributed by atoms with E-state index in [1.54, 1.807) is 42.5 Å². The van der Waals surface area contributed by atoms with Gasteiger partial charge in [0.15, 0.2) is 17.1 Å². The molecule has 20 heavy (non-hydrogen) atoms. The van der Waals surface area contributed by atoms with Crippen LogP contribution in [0.15, 0.2) is 54.6 Å². The third-order valence-corrected chi connectivity index (χ3v) is 3.02. The standard InChI is InChI=1S/C15H15FN2O2/c16-12-8-4-5-9-13(12)20-10-15(18,14(17)19)11-6-2-1-3-7-11/h1-9H,10,18H2,(H2,17,19). The van der Waals surface area contributed by atoms with Crippen LogP contribution in [0.4, 0.5) is 4.39 Å². The van der Waals surface area contributed by atoms with E-state index in [4.69, 9.17) is 16.2 Å². The monoisotopic (exact) mass is 274 g/mol. The number of primary amides is 1. The van der Waals surface area contributed by atoms with Crippen LogP contribution in [0.5, 0.6) is 5.75 Å². The third-order valence-electron chi connectivity index (χ3n) is 3.02. The van der Waals surface area contributed by atoms with Crippen molar-refractivity contribution >= 4 is 5.91 Å². The molecule has 0 bridgehead atoms. The zero-order valence-electron chi connectivity index (χ0n) is 10.8. The van der Waals surface area contributed by atoms with Crippen LogP contribution in [-0.2, 0) is 10.3 Å². The van der Waals surface area contributed by atoms with E-state index in [-0.39, 0.29) is 12.4 Å². The zero-order chi connectivity index (χ0) is 14.6. The predicted octanol–water partition coefficient (Wildman–Crippen LogP) is 1.54. The Balaban J connectivity index is 2.23. The molecule has 0 fully saturated rings. The minimum atomic E-state index is -1.51. The van der Waals surface area contributed by atoms with Crippen molar-refractivity contribution in [2.45, 2.75) is 5.54 Å². The second-order valence-corrected chi connectivity index (χ2v) is 4.42. The molecule has 0 radical (unpaired) electrons. The Morgan fingerprint density at radius 3 is 2.30 bits per heavy atom. The van der Waals surface area contributed by atoms with Gasteiger partial charge in [-0.15, -0.1) is 0 Å². The van der Waals surface area contributed by atoms with Crippen molar-refractivity contribution in [2.75, 3.05) is 6.61 Å². The summed E-state index contributed by atoms with van der Waals surface area (Å²) in [6.07, 6.45) is 0. The lowest BCUT2D eigenvalue weighted by atomic mass is 9.91. The molecule has 2 aromatic carbocycles. The molecule has 2 rings (SSSR count). The van der Waals surface area contributed by atoms with Gasteiger partial charge in [0.1, 0.15) is 6.61 Å². The maximum absolute atomic E-state index is 13.5. The number of ether oxygens (including phenoxy) is 1. The zero-order valence-corrected chi connectivity index (χ0v) is 10.8. The first kappa shape index (κ1) is 14.0. The van der Waals surface area contributed by atoms with E-state index in [1.807, 2.05) is 0 Å². The van der Waals surface area contributed by atoms with Gasteiger partial charge in [0, 0.05) is 0 Å². The molecular weight excluding hydrogens is 259 g/mol. The Hall–Kier alpha value is -2.40. The van der Waals surface area contributed by atoms with Gasteiger partial charge in [0.25, 0.3) is 0 Å². The van der Waals surface area contributed by atoms with Crippen molar-refractivity contribution < 1.29 is 13.9 Å². The average molecular weight is 274 g/mol. The van der Waals surface area contributed by atoms with Crippen LogP contribution in [0.25, 0.3) is 0 Å². The van der Waals surface area contributed by atoms with Gasteiger partial charge in [-0.05, 0) is 17.7 Å². The Labute approximate surface area is 116 Å². The summed E-state index contributed by atoms with van der Waals surface area (Å²) in [5.41, 5.74) is 10.4. The fourth-order valence-corrected chi connectivity index (χ4v) is 1.79. The van der Waals surface area contributed by atoms with E-state index < -0.39 is 17.3 Å². The largest absolute Gasteiger partial charge is 0.488 e. The molecule has 1 unspecified atom stereocenters. The van der Waals surface area contributed by atoms with Crippen LogP contribution < -0.4 is 16.2 Å². The molecule has 1 amide bonds. The number of amides is 1. The smallest absolute Gasteiger partial charge is 0.245 e. The number of carbonyl (C=O) groups is 1. The number of hydrogen-bond donors (Lipinski definition) is 2. The summed E-state index contributed by atoms with van der Waals surface area (Å²) in [6.45, 7) is -0.243. The molecule has 0 heterocycles. The highest BCUT2D eigenvalue weighted by Gasteiger charge is 2.35. The lowest BCUT2D eigenvalue weighted by Crippen LogP contribution is -2.53. The maximum atomic E-state index is 13.5. The van der Waals surface area contributed by atoms with E-state index in [0.29, 0.717) is 5.56 Å². The average Bonchev–Trinajstić information content (AvgIpc) is 2.47. The van der Waals surface area contributed by atoms with E-state index >= 15 is 0 Å². The molecule has 0 aliphatic carbocycles. The Bertz CT molecular complexity index is 604. The van der Waals surface area contributed by atoms with E-state index in [9.17, 15) is 9.18 Å². The van der Waals surface area contributed by atoms with Gasteiger partial charge in [-0.1, -0.05) is 42.5 Å². The molecule has 0 aromatic heterocycles. The Morgan fingerprint density at radius 1 is 1.10 bits per heavy atom. The van der Waals surface area contributed by atoms with Crippen LogP contribution in [0, 0.1) is 5.82 Å². The Kier molecular flexibility index (Phi) is 4.00. The number of nitrogens with two attached hydrogens (primary N) is 2. The molecule has 4 nitrogen and oxygen atoms in total. The van der Waals surface area contributed by atoms with E-state index in [0.717, 1.165) is 0 Å². The van der Waals surface area contributed by atoms with E-state index in [2.05, 4.69) is 0 Å². The minimum Gasteiger partial charge on any atom is -0.488 e. The highest BCUT2D eigenvalue weighted by atomic mass is 19.1. The molecule has 0 aliphatic heterocycles. The van der Waals surface area contributed by atoms with Crippen molar-refractivity contribution in [1.82, 2.24) is 0 Å². The topological polar surface area (TPSA) is 78.3 Å². The first-order valence-corrected chi connectivity index (χ1v) is 6.05. The second-order valence-electron chi connectivity index (χ2n) is 4.42. The fraction of sp³-hybridized carbons (Fsp3) is 0.133.